The van der Waals surface area contributed by atoms with Gasteiger partial charge >= 0.3 is 0 Å². The highest BCUT2D eigenvalue weighted by atomic mass is 35.5. The molecule has 2 amide bonds. The van der Waals surface area contributed by atoms with E-state index in [4.69, 9.17) is 11.6 Å². The van der Waals surface area contributed by atoms with Crippen LogP contribution in [-0.2, 0) is 32.6 Å². The van der Waals surface area contributed by atoms with Crippen molar-refractivity contribution >= 4 is 39.1 Å². The number of hydrogen-bond donors (Lipinski definition) is 1. The molecule has 4 rings (SSSR count). The lowest BCUT2D eigenvalue weighted by molar-refractivity contribution is -0.140. The number of amides is 2. The van der Waals surface area contributed by atoms with E-state index in [0.29, 0.717) is 5.02 Å². The van der Waals surface area contributed by atoms with Gasteiger partial charge in [0.1, 0.15) is 12.6 Å². The van der Waals surface area contributed by atoms with Crippen molar-refractivity contribution in [1.29, 1.82) is 0 Å². The average Bonchev–Trinajstić information content (AvgIpc) is 2.98. The summed E-state index contributed by atoms with van der Waals surface area (Å²) in [7, 11) is -4.18. The van der Waals surface area contributed by atoms with Crippen molar-refractivity contribution in [2.24, 2.45) is 0 Å². The normalized spacial score (nSPS) is 12.3. The van der Waals surface area contributed by atoms with Crippen LogP contribution in [0.5, 0.6) is 0 Å². The maximum absolute atomic E-state index is 14.4. The van der Waals surface area contributed by atoms with Crippen LogP contribution in [0.2, 0.25) is 5.02 Å². The standard InChI is InChI=1S/C35H38ClN3O4S/c1-26-15-21-31(22-16-26)44(42,43)39(30-19-17-29(36)18-20-30)25-33(40)38(24-28-13-9-6-10-14-28)32(34(41)37-35(2,3)4)23-27-11-7-5-8-12-27/h5-22,32H,23-25H2,1-4H3,(H,37,41)/t32-/m0/s1. The zero-order valence-electron chi connectivity index (χ0n) is 25.4. The second kappa shape index (κ2) is 14.1. The summed E-state index contributed by atoms with van der Waals surface area (Å²) in [4.78, 5) is 29.9. The van der Waals surface area contributed by atoms with E-state index in [9.17, 15) is 18.0 Å². The molecule has 4 aromatic rings. The Labute approximate surface area is 265 Å². The van der Waals surface area contributed by atoms with Crippen molar-refractivity contribution in [3.8, 4) is 0 Å². The van der Waals surface area contributed by atoms with E-state index in [0.717, 1.165) is 21.0 Å². The van der Waals surface area contributed by atoms with Crippen molar-refractivity contribution < 1.29 is 18.0 Å². The second-order valence-electron chi connectivity index (χ2n) is 11.8. The molecular formula is C35H38ClN3O4S. The van der Waals surface area contributed by atoms with Gasteiger partial charge in [-0.05, 0) is 75.2 Å². The molecule has 230 valence electrons. The molecule has 9 heteroatoms. The highest BCUT2D eigenvalue weighted by Gasteiger charge is 2.35. The quantitative estimate of drug-likeness (QED) is 0.208. The minimum atomic E-state index is -4.18. The number of benzene rings is 4. The van der Waals surface area contributed by atoms with Gasteiger partial charge in [-0.1, -0.05) is 90.0 Å². The van der Waals surface area contributed by atoms with Gasteiger partial charge in [0.2, 0.25) is 11.8 Å². The molecule has 1 atom stereocenters. The number of sulfonamides is 1. The molecule has 0 aromatic heterocycles. The maximum atomic E-state index is 14.4. The number of hydrogen-bond acceptors (Lipinski definition) is 4. The average molecular weight is 632 g/mol. The summed E-state index contributed by atoms with van der Waals surface area (Å²) in [5.41, 5.74) is 2.30. The van der Waals surface area contributed by atoms with Gasteiger partial charge in [0, 0.05) is 23.5 Å². The van der Waals surface area contributed by atoms with Gasteiger partial charge < -0.3 is 10.2 Å². The number of nitrogens with zero attached hydrogens (tertiary/aromatic N) is 2. The Hall–Kier alpha value is -4.14. The molecule has 1 N–H and O–H groups in total. The molecule has 0 spiro atoms. The summed E-state index contributed by atoms with van der Waals surface area (Å²) >= 11 is 6.13. The minimum Gasteiger partial charge on any atom is -0.350 e. The van der Waals surface area contributed by atoms with E-state index in [1.54, 1.807) is 36.4 Å². The molecule has 0 radical (unpaired) electrons. The fourth-order valence-electron chi connectivity index (χ4n) is 4.76. The maximum Gasteiger partial charge on any atom is 0.264 e. The first-order valence-electron chi connectivity index (χ1n) is 14.4. The Balaban J connectivity index is 1.80. The Morgan fingerprint density at radius 1 is 0.795 bits per heavy atom. The summed E-state index contributed by atoms with van der Waals surface area (Å²) in [5.74, 6) is -0.852. The van der Waals surface area contributed by atoms with Gasteiger partial charge in [-0.25, -0.2) is 8.42 Å². The SMILES string of the molecule is Cc1ccc(S(=O)(=O)N(CC(=O)N(Cc2ccccc2)[C@@H](Cc2ccccc2)C(=O)NC(C)(C)C)c2ccc(Cl)cc2)cc1. The lowest BCUT2D eigenvalue weighted by Crippen LogP contribution is -2.56. The molecule has 0 fully saturated rings. The minimum absolute atomic E-state index is 0.0479. The predicted octanol–water partition coefficient (Wildman–Crippen LogP) is 6.40. The van der Waals surface area contributed by atoms with E-state index in [2.05, 4.69) is 5.32 Å². The first-order chi connectivity index (χ1) is 20.8. The third-order valence-corrected chi connectivity index (χ3v) is 9.01. The monoisotopic (exact) mass is 631 g/mol. The van der Waals surface area contributed by atoms with Crippen molar-refractivity contribution in [1.82, 2.24) is 10.2 Å². The first kappa shape index (κ1) is 32.8. The smallest absolute Gasteiger partial charge is 0.264 e. The van der Waals surface area contributed by atoms with E-state index < -0.39 is 34.1 Å². The van der Waals surface area contributed by atoms with Crippen molar-refractivity contribution in [3.05, 3.63) is 131 Å². The van der Waals surface area contributed by atoms with E-state index in [-0.39, 0.29) is 29.5 Å². The van der Waals surface area contributed by atoms with Gasteiger partial charge in [0.15, 0.2) is 0 Å². The lowest BCUT2D eigenvalue weighted by Gasteiger charge is -2.35. The second-order valence-corrected chi connectivity index (χ2v) is 14.1. The van der Waals surface area contributed by atoms with Gasteiger partial charge in [0.25, 0.3) is 10.0 Å². The summed E-state index contributed by atoms with van der Waals surface area (Å²) in [6, 6.07) is 30.7. The van der Waals surface area contributed by atoms with Crippen LogP contribution in [-0.4, -0.2) is 43.3 Å². The molecule has 0 unspecified atom stereocenters. The van der Waals surface area contributed by atoms with Crippen LogP contribution in [0.15, 0.2) is 114 Å². The van der Waals surface area contributed by atoms with Crippen LogP contribution in [0.25, 0.3) is 0 Å². The number of anilines is 1. The molecular weight excluding hydrogens is 594 g/mol. The topological polar surface area (TPSA) is 86.8 Å². The van der Waals surface area contributed by atoms with Crippen molar-refractivity contribution in [2.45, 2.75) is 57.1 Å². The zero-order chi connectivity index (χ0) is 31.9. The van der Waals surface area contributed by atoms with Crippen LogP contribution >= 0.6 is 11.6 Å². The molecule has 0 aliphatic carbocycles. The number of rotatable bonds is 11. The molecule has 4 aromatic carbocycles. The molecule has 0 aliphatic heterocycles. The Kier molecular flexibility index (Phi) is 10.5. The molecule has 0 heterocycles. The summed E-state index contributed by atoms with van der Waals surface area (Å²) in [5, 5.41) is 3.46. The molecule has 0 bridgehead atoms. The Morgan fingerprint density at radius 3 is 1.89 bits per heavy atom. The summed E-state index contributed by atoms with van der Waals surface area (Å²) in [6.07, 6.45) is 0.243. The molecule has 44 heavy (non-hydrogen) atoms. The van der Waals surface area contributed by atoms with Crippen LogP contribution in [0, 0.1) is 6.92 Å². The zero-order valence-corrected chi connectivity index (χ0v) is 27.0. The first-order valence-corrected chi connectivity index (χ1v) is 16.2. The van der Waals surface area contributed by atoms with Gasteiger partial charge in [-0.2, -0.15) is 0 Å². The fraction of sp³-hybridized carbons (Fsp3) is 0.257. The third-order valence-electron chi connectivity index (χ3n) is 6.97. The third kappa shape index (κ3) is 8.71. The highest BCUT2D eigenvalue weighted by Crippen LogP contribution is 2.27. The number of nitrogens with one attached hydrogen (secondary N) is 1. The van der Waals surface area contributed by atoms with Crippen LogP contribution in [0.3, 0.4) is 0 Å². The summed E-state index contributed by atoms with van der Waals surface area (Å²) < 4.78 is 29.2. The van der Waals surface area contributed by atoms with Crippen molar-refractivity contribution in [2.75, 3.05) is 10.8 Å². The Bertz CT molecular complexity index is 1660. The molecule has 0 saturated heterocycles. The highest BCUT2D eigenvalue weighted by molar-refractivity contribution is 7.92. The van der Waals surface area contributed by atoms with E-state index in [1.807, 2.05) is 88.4 Å². The van der Waals surface area contributed by atoms with Crippen LogP contribution < -0.4 is 9.62 Å². The number of carbonyl (C=O) groups excluding carboxylic acids is 2. The number of halogens is 1. The lowest BCUT2D eigenvalue weighted by atomic mass is 10.0. The Morgan fingerprint density at radius 2 is 1.34 bits per heavy atom. The van der Waals surface area contributed by atoms with Crippen LogP contribution in [0.1, 0.15) is 37.5 Å². The van der Waals surface area contributed by atoms with Crippen molar-refractivity contribution in [3.63, 3.8) is 0 Å². The fourth-order valence-corrected chi connectivity index (χ4v) is 6.30. The molecule has 0 aliphatic rings. The number of carbonyl (C=O) groups is 2. The van der Waals surface area contributed by atoms with Gasteiger partial charge in [0.05, 0.1) is 10.6 Å². The van der Waals surface area contributed by atoms with E-state index >= 15 is 0 Å². The number of aryl methyl sites for hydroxylation is 1. The van der Waals surface area contributed by atoms with E-state index in [1.165, 1.54) is 17.0 Å². The molecule has 7 nitrogen and oxygen atoms in total. The summed E-state index contributed by atoms with van der Waals surface area (Å²) in [6.45, 7) is 7.08. The molecule has 0 saturated carbocycles. The largest absolute Gasteiger partial charge is 0.350 e. The van der Waals surface area contributed by atoms with Gasteiger partial charge in [-0.15, -0.1) is 0 Å². The predicted molar refractivity (Wildman–Crippen MR) is 176 cm³/mol. The van der Waals surface area contributed by atoms with Crippen LogP contribution in [0.4, 0.5) is 5.69 Å². The van der Waals surface area contributed by atoms with Gasteiger partial charge in [-0.3, -0.25) is 13.9 Å².